The Morgan fingerprint density at radius 1 is 1.36 bits per heavy atom. The second-order valence-electron chi connectivity index (χ2n) is 4.97. The van der Waals surface area contributed by atoms with Gasteiger partial charge in [-0.25, -0.2) is 4.98 Å². The van der Waals surface area contributed by atoms with Gasteiger partial charge in [-0.1, -0.05) is 12.1 Å². The number of nitrogens with one attached hydrogen (secondary N) is 1. The first-order chi connectivity index (χ1) is 10.6. The van der Waals surface area contributed by atoms with Crippen molar-refractivity contribution in [1.82, 2.24) is 15.2 Å². The lowest BCUT2D eigenvalue weighted by Gasteiger charge is -2.22. The minimum absolute atomic E-state index is 0.746. The highest BCUT2D eigenvalue weighted by molar-refractivity contribution is 7.09. The minimum atomic E-state index is 0.746. The summed E-state index contributed by atoms with van der Waals surface area (Å²) in [6.07, 6.45) is 0. The third-order valence-electron chi connectivity index (χ3n) is 3.40. The van der Waals surface area contributed by atoms with E-state index in [0.29, 0.717) is 0 Å². The lowest BCUT2D eigenvalue weighted by atomic mass is 10.2. The van der Waals surface area contributed by atoms with Crippen molar-refractivity contribution in [3.05, 3.63) is 45.9 Å². The molecule has 22 heavy (non-hydrogen) atoms. The molecule has 0 aliphatic heterocycles. The zero-order valence-electron chi connectivity index (χ0n) is 13.5. The molecule has 0 fully saturated rings. The topological polar surface area (TPSA) is 49.8 Å². The Kier molecular flexibility index (Phi) is 5.77. The van der Waals surface area contributed by atoms with Crippen molar-refractivity contribution in [2.75, 3.05) is 21.2 Å². The van der Waals surface area contributed by atoms with Gasteiger partial charge < -0.3 is 15.0 Å². The molecule has 0 aliphatic rings. The van der Waals surface area contributed by atoms with Gasteiger partial charge in [0.05, 0.1) is 24.9 Å². The van der Waals surface area contributed by atoms with E-state index in [-0.39, 0.29) is 0 Å². The van der Waals surface area contributed by atoms with Gasteiger partial charge in [0.2, 0.25) is 0 Å². The monoisotopic (exact) mass is 318 g/mol. The number of hydrogen-bond donors (Lipinski definition) is 1. The standard InChI is InChI=1S/C16H22N4OS/c1-12-15(22-11-19-12)9-18-16(17-2)20(3)10-13-5-7-14(21-4)8-6-13/h5-8,11H,9-10H2,1-4H3,(H,17,18). The van der Waals surface area contributed by atoms with Crippen molar-refractivity contribution in [3.63, 3.8) is 0 Å². The molecule has 1 N–H and O–H groups in total. The molecule has 0 bridgehead atoms. The van der Waals surface area contributed by atoms with Gasteiger partial charge in [0.1, 0.15) is 5.75 Å². The average molecular weight is 318 g/mol. The van der Waals surface area contributed by atoms with Crippen LogP contribution >= 0.6 is 11.3 Å². The summed E-state index contributed by atoms with van der Waals surface area (Å²) in [5, 5.41) is 3.38. The molecule has 118 valence electrons. The van der Waals surface area contributed by atoms with Crippen molar-refractivity contribution in [2.24, 2.45) is 4.99 Å². The molecule has 5 nitrogen and oxygen atoms in total. The molecule has 0 unspecified atom stereocenters. The molecular weight excluding hydrogens is 296 g/mol. The third-order valence-corrected chi connectivity index (χ3v) is 4.34. The molecule has 1 heterocycles. The maximum Gasteiger partial charge on any atom is 0.193 e. The first kappa shape index (κ1) is 16.3. The number of guanidine groups is 1. The van der Waals surface area contributed by atoms with Crippen LogP contribution in [0.2, 0.25) is 0 Å². The summed E-state index contributed by atoms with van der Waals surface area (Å²) in [5.41, 5.74) is 4.15. The lowest BCUT2D eigenvalue weighted by Crippen LogP contribution is -2.38. The molecule has 2 rings (SSSR count). The molecule has 0 spiro atoms. The van der Waals surface area contributed by atoms with Gasteiger partial charge in [0, 0.05) is 25.5 Å². The van der Waals surface area contributed by atoms with Gasteiger partial charge in [-0.15, -0.1) is 11.3 Å². The number of aryl methyl sites for hydroxylation is 1. The van der Waals surface area contributed by atoms with Crippen LogP contribution in [0.15, 0.2) is 34.8 Å². The fraction of sp³-hybridized carbons (Fsp3) is 0.375. The van der Waals surface area contributed by atoms with Gasteiger partial charge >= 0.3 is 0 Å². The highest BCUT2D eigenvalue weighted by Gasteiger charge is 2.08. The van der Waals surface area contributed by atoms with Gasteiger partial charge in [0.25, 0.3) is 0 Å². The first-order valence-corrected chi connectivity index (χ1v) is 7.95. The van der Waals surface area contributed by atoms with Crippen LogP contribution in [0.4, 0.5) is 0 Å². The summed E-state index contributed by atoms with van der Waals surface area (Å²) in [6.45, 7) is 3.55. The molecule has 2 aromatic rings. The lowest BCUT2D eigenvalue weighted by molar-refractivity contribution is 0.414. The predicted octanol–water partition coefficient (Wildman–Crippen LogP) is 2.67. The van der Waals surface area contributed by atoms with Crippen LogP contribution in [0.5, 0.6) is 5.75 Å². The largest absolute Gasteiger partial charge is 0.497 e. The molecule has 6 heteroatoms. The number of aliphatic imine (C=N–C) groups is 1. The number of methoxy groups -OCH3 is 1. The van der Waals surface area contributed by atoms with E-state index in [2.05, 4.69) is 32.3 Å². The zero-order valence-corrected chi connectivity index (χ0v) is 14.3. The molecule has 1 aromatic heterocycles. The van der Waals surface area contributed by atoms with E-state index in [1.165, 1.54) is 10.4 Å². The third kappa shape index (κ3) is 4.21. The van der Waals surface area contributed by atoms with E-state index >= 15 is 0 Å². The quantitative estimate of drug-likeness (QED) is 0.680. The number of benzene rings is 1. The van der Waals surface area contributed by atoms with Crippen molar-refractivity contribution in [3.8, 4) is 5.75 Å². The highest BCUT2D eigenvalue weighted by atomic mass is 32.1. The number of thiazole rings is 1. The minimum Gasteiger partial charge on any atom is -0.497 e. The van der Waals surface area contributed by atoms with Crippen molar-refractivity contribution >= 4 is 17.3 Å². The van der Waals surface area contributed by atoms with Gasteiger partial charge in [-0.05, 0) is 24.6 Å². The Morgan fingerprint density at radius 2 is 2.09 bits per heavy atom. The number of ether oxygens (including phenoxy) is 1. The molecule has 0 atom stereocenters. The Balaban J connectivity index is 1.93. The number of hydrogen-bond acceptors (Lipinski definition) is 4. The van der Waals surface area contributed by atoms with Crippen LogP contribution in [0.25, 0.3) is 0 Å². The van der Waals surface area contributed by atoms with E-state index in [0.717, 1.165) is 30.5 Å². The predicted molar refractivity (Wildman–Crippen MR) is 91.5 cm³/mol. The second kappa shape index (κ2) is 7.79. The fourth-order valence-electron chi connectivity index (χ4n) is 2.12. The number of rotatable bonds is 5. The van der Waals surface area contributed by atoms with E-state index < -0.39 is 0 Å². The SMILES string of the molecule is CN=C(NCc1scnc1C)N(C)Cc1ccc(OC)cc1. The Hall–Kier alpha value is -2.08. The normalized spacial score (nSPS) is 11.4. The van der Waals surface area contributed by atoms with Crippen LogP contribution in [-0.2, 0) is 13.1 Å². The molecule has 0 saturated carbocycles. The number of nitrogens with zero attached hydrogens (tertiary/aromatic N) is 3. The van der Waals surface area contributed by atoms with E-state index in [4.69, 9.17) is 4.74 Å². The summed E-state index contributed by atoms with van der Waals surface area (Å²) in [7, 11) is 5.50. The molecule has 0 aliphatic carbocycles. The summed E-state index contributed by atoms with van der Waals surface area (Å²) in [5.74, 6) is 1.73. The molecule has 0 radical (unpaired) electrons. The smallest absolute Gasteiger partial charge is 0.193 e. The molecule has 1 aromatic carbocycles. The highest BCUT2D eigenvalue weighted by Crippen LogP contribution is 2.13. The summed E-state index contributed by atoms with van der Waals surface area (Å²) >= 11 is 1.66. The zero-order chi connectivity index (χ0) is 15.9. The summed E-state index contributed by atoms with van der Waals surface area (Å²) < 4.78 is 5.18. The maximum absolute atomic E-state index is 5.18. The maximum atomic E-state index is 5.18. The van der Waals surface area contributed by atoms with Crippen LogP contribution in [0.3, 0.4) is 0 Å². The Morgan fingerprint density at radius 3 is 2.64 bits per heavy atom. The fourth-order valence-corrected chi connectivity index (χ4v) is 2.84. The van der Waals surface area contributed by atoms with E-state index in [9.17, 15) is 0 Å². The molecular formula is C16H22N4OS. The van der Waals surface area contributed by atoms with Crippen LogP contribution in [0.1, 0.15) is 16.1 Å². The summed E-state index contributed by atoms with van der Waals surface area (Å²) in [4.78, 5) is 11.9. The van der Waals surface area contributed by atoms with Crippen molar-refractivity contribution in [2.45, 2.75) is 20.0 Å². The van der Waals surface area contributed by atoms with Crippen molar-refractivity contribution < 1.29 is 4.74 Å². The van der Waals surface area contributed by atoms with Crippen LogP contribution in [0, 0.1) is 6.92 Å². The van der Waals surface area contributed by atoms with Crippen LogP contribution in [-0.4, -0.2) is 37.0 Å². The first-order valence-electron chi connectivity index (χ1n) is 7.07. The van der Waals surface area contributed by atoms with Crippen LogP contribution < -0.4 is 10.1 Å². The van der Waals surface area contributed by atoms with Gasteiger partial charge in [-0.3, -0.25) is 4.99 Å². The Labute approximate surface area is 135 Å². The van der Waals surface area contributed by atoms with E-state index in [1.54, 1.807) is 25.5 Å². The Bertz CT molecular complexity index is 621. The molecule has 0 amide bonds. The second-order valence-corrected chi connectivity index (χ2v) is 5.91. The van der Waals surface area contributed by atoms with Crippen molar-refractivity contribution in [1.29, 1.82) is 0 Å². The van der Waals surface area contributed by atoms with Gasteiger partial charge in [0.15, 0.2) is 5.96 Å². The van der Waals surface area contributed by atoms with Gasteiger partial charge in [-0.2, -0.15) is 0 Å². The molecule has 0 saturated heterocycles. The van der Waals surface area contributed by atoms with E-state index in [1.807, 2.05) is 31.6 Å². The number of aromatic nitrogens is 1. The average Bonchev–Trinajstić information content (AvgIpc) is 2.94. The summed E-state index contributed by atoms with van der Waals surface area (Å²) in [6, 6.07) is 8.08.